The molecule has 0 aromatic carbocycles. The van der Waals surface area contributed by atoms with Gasteiger partial charge in [-0.3, -0.25) is 9.59 Å². The van der Waals surface area contributed by atoms with Gasteiger partial charge in [0.05, 0.1) is 6.04 Å². The molecule has 1 heterocycles. The topological polar surface area (TPSA) is 58.2 Å². The van der Waals surface area contributed by atoms with E-state index < -0.39 is 0 Å². The average molecular weight is 170 g/mol. The summed E-state index contributed by atoms with van der Waals surface area (Å²) in [5.41, 5.74) is 0. The molecule has 4 nitrogen and oxygen atoms in total. The summed E-state index contributed by atoms with van der Waals surface area (Å²) in [7, 11) is 0. The lowest BCUT2D eigenvalue weighted by atomic mass is 10.2. The molecule has 1 saturated heterocycles. The fourth-order valence-electron chi connectivity index (χ4n) is 1.23. The standard InChI is InChI=1S/C8H14N2O2/c1-2-3-7(11)10-6-4-8(12)9-5-6/h6H,2-5H2,1H3,(H,9,12)(H,10,11)/t6-/m0/s1. The van der Waals surface area contributed by atoms with E-state index in [0.717, 1.165) is 6.42 Å². The molecular weight excluding hydrogens is 156 g/mol. The van der Waals surface area contributed by atoms with E-state index in [1.807, 2.05) is 6.92 Å². The number of amides is 2. The molecule has 0 spiro atoms. The van der Waals surface area contributed by atoms with Crippen molar-refractivity contribution in [1.29, 1.82) is 0 Å². The fraction of sp³-hybridized carbons (Fsp3) is 0.750. The Labute approximate surface area is 71.7 Å². The fourth-order valence-corrected chi connectivity index (χ4v) is 1.23. The molecule has 1 aliphatic heterocycles. The number of carbonyl (C=O) groups excluding carboxylic acids is 2. The highest BCUT2D eigenvalue weighted by Gasteiger charge is 2.22. The first kappa shape index (κ1) is 9.03. The van der Waals surface area contributed by atoms with E-state index >= 15 is 0 Å². The molecule has 2 N–H and O–H groups in total. The molecule has 1 aliphatic rings. The first-order valence-electron chi connectivity index (χ1n) is 4.28. The van der Waals surface area contributed by atoms with Gasteiger partial charge in [0.2, 0.25) is 11.8 Å². The third kappa shape index (κ3) is 2.53. The Morgan fingerprint density at radius 2 is 2.50 bits per heavy atom. The first-order valence-corrected chi connectivity index (χ1v) is 4.28. The molecule has 68 valence electrons. The molecule has 0 unspecified atom stereocenters. The smallest absolute Gasteiger partial charge is 0.222 e. The van der Waals surface area contributed by atoms with Gasteiger partial charge in [-0.25, -0.2) is 0 Å². The summed E-state index contributed by atoms with van der Waals surface area (Å²) < 4.78 is 0. The number of hydrogen-bond donors (Lipinski definition) is 2. The predicted molar refractivity (Wildman–Crippen MR) is 44.5 cm³/mol. The zero-order chi connectivity index (χ0) is 8.97. The van der Waals surface area contributed by atoms with E-state index in [4.69, 9.17) is 0 Å². The molecule has 1 fully saturated rings. The summed E-state index contributed by atoms with van der Waals surface area (Å²) in [5.74, 6) is 0.0656. The van der Waals surface area contributed by atoms with Gasteiger partial charge in [-0.2, -0.15) is 0 Å². The molecule has 1 rings (SSSR count). The van der Waals surface area contributed by atoms with Crippen molar-refractivity contribution in [2.75, 3.05) is 6.54 Å². The Morgan fingerprint density at radius 1 is 1.75 bits per heavy atom. The van der Waals surface area contributed by atoms with Crippen LogP contribution in [-0.4, -0.2) is 24.4 Å². The molecule has 0 radical (unpaired) electrons. The Kier molecular flexibility index (Phi) is 3.08. The SMILES string of the molecule is CCCC(=O)N[C@@H]1CNC(=O)C1. The van der Waals surface area contributed by atoms with Crippen LogP contribution in [0.4, 0.5) is 0 Å². The monoisotopic (exact) mass is 170 g/mol. The van der Waals surface area contributed by atoms with Crippen LogP contribution in [-0.2, 0) is 9.59 Å². The van der Waals surface area contributed by atoms with Gasteiger partial charge in [0, 0.05) is 19.4 Å². The van der Waals surface area contributed by atoms with Crippen LogP contribution in [0.2, 0.25) is 0 Å². The largest absolute Gasteiger partial charge is 0.354 e. The summed E-state index contributed by atoms with van der Waals surface area (Å²) >= 11 is 0. The van der Waals surface area contributed by atoms with Crippen molar-refractivity contribution in [2.45, 2.75) is 32.2 Å². The summed E-state index contributed by atoms with van der Waals surface area (Å²) in [6.45, 7) is 2.53. The molecule has 0 aromatic heterocycles. The summed E-state index contributed by atoms with van der Waals surface area (Å²) in [4.78, 5) is 21.8. The number of rotatable bonds is 3. The van der Waals surface area contributed by atoms with Crippen molar-refractivity contribution in [2.24, 2.45) is 0 Å². The Balaban J connectivity index is 2.23. The van der Waals surface area contributed by atoms with Crippen molar-refractivity contribution >= 4 is 11.8 Å². The van der Waals surface area contributed by atoms with E-state index in [1.54, 1.807) is 0 Å². The second-order valence-electron chi connectivity index (χ2n) is 3.02. The van der Waals surface area contributed by atoms with E-state index in [-0.39, 0.29) is 17.9 Å². The highest BCUT2D eigenvalue weighted by molar-refractivity contribution is 5.81. The molecule has 12 heavy (non-hydrogen) atoms. The van der Waals surface area contributed by atoms with Crippen LogP contribution < -0.4 is 10.6 Å². The van der Waals surface area contributed by atoms with Crippen molar-refractivity contribution < 1.29 is 9.59 Å². The van der Waals surface area contributed by atoms with E-state index in [0.29, 0.717) is 19.4 Å². The third-order valence-corrected chi connectivity index (χ3v) is 1.82. The van der Waals surface area contributed by atoms with Crippen molar-refractivity contribution in [3.8, 4) is 0 Å². The molecule has 0 saturated carbocycles. The Morgan fingerprint density at radius 3 is 3.00 bits per heavy atom. The van der Waals surface area contributed by atoms with Crippen LogP contribution >= 0.6 is 0 Å². The van der Waals surface area contributed by atoms with Crippen LogP contribution in [0.15, 0.2) is 0 Å². The second-order valence-corrected chi connectivity index (χ2v) is 3.02. The predicted octanol–water partition coefficient (Wildman–Crippen LogP) is -0.209. The minimum Gasteiger partial charge on any atom is -0.354 e. The lowest BCUT2D eigenvalue weighted by Gasteiger charge is -2.08. The van der Waals surface area contributed by atoms with Crippen LogP contribution in [0.25, 0.3) is 0 Å². The minimum absolute atomic E-state index is 0.0107. The van der Waals surface area contributed by atoms with Gasteiger partial charge in [-0.1, -0.05) is 6.92 Å². The van der Waals surface area contributed by atoms with Crippen molar-refractivity contribution in [3.63, 3.8) is 0 Å². The van der Waals surface area contributed by atoms with Gasteiger partial charge in [0.25, 0.3) is 0 Å². The molecule has 0 aromatic rings. The van der Waals surface area contributed by atoms with Gasteiger partial charge >= 0.3 is 0 Å². The van der Waals surface area contributed by atoms with Crippen molar-refractivity contribution in [1.82, 2.24) is 10.6 Å². The zero-order valence-electron chi connectivity index (χ0n) is 7.22. The number of hydrogen-bond acceptors (Lipinski definition) is 2. The van der Waals surface area contributed by atoms with Crippen LogP contribution in [0.3, 0.4) is 0 Å². The quantitative estimate of drug-likeness (QED) is 0.615. The van der Waals surface area contributed by atoms with E-state index in [2.05, 4.69) is 10.6 Å². The van der Waals surface area contributed by atoms with Crippen LogP contribution in [0.1, 0.15) is 26.2 Å². The second kappa shape index (κ2) is 4.09. The number of carbonyl (C=O) groups is 2. The number of nitrogens with one attached hydrogen (secondary N) is 2. The molecule has 0 bridgehead atoms. The molecule has 0 aliphatic carbocycles. The van der Waals surface area contributed by atoms with Crippen LogP contribution in [0, 0.1) is 0 Å². The normalized spacial score (nSPS) is 22.1. The first-order chi connectivity index (χ1) is 5.72. The molecule has 1 atom stereocenters. The highest BCUT2D eigenvalue weighted by atomic mass is 16.2. The van der Waals surface area contributed by atoms with Crippen LogP contribution in [0.5, 0.6) is 0 Å². The molecule has 2 amide bonds. The highest BCUT2D eigenvalue weighted by Crippen LogP contribution is 1.99. The average Bonchev–Trinajstić information content (AvgIpc) is 2.36. The Hall–Kier alpha value is -1.06. The third-order valence-electron chi connectivity index (χ3n) is 1.82. The molecular formula is C8H14N2O2. The lowest BCUT2D eigenvalue weighted by molar-refractivity contribution is -0.121. The van der Waals surface area contributed by atoms with Gasteiger partial charge < -0.3 is 10.6 Å². The van der Waals surface area contributed by atoms with E-state index in [9.17, 15) is 9.59 Å². The van der Waals surface area contributed by atoms with Gasteiger partial charge in [0.15, 0.2) is 0 Å². The van der Waals surface area contributed by atoms with Crippen molar-refractivity contribution in [3.05, 3.63) is 0 Å². The maximum Gasteiger partial charge on any atom is 0.222 e. The summed E-state index contributed by atoms with van der Waals surface area (Å²) in [5, 5.41) is 5.45. The summed E-state index contributed by atoms with van der Waals surface area (Å²) in [6, 6.07) is 0.0107. The summed E-state index contributed by atoms with van der Waals surface area (Å²) in [6.07, 6.45) is 1.82. The van der Waals surface area contributed by atoms with Gasteiger partial charge in [-0.05, 0) is 6.42 Å². The lowest BCUT2D eigenvalue weighted by Crippen LogP contribution is -2.35. The minimum atomic E-state index is 0.0107. The van der Waals surface area contributed by atoms with E-state index in [1.165, 1.54) is 0 Å². The maximum atomic E-state index is 11.1. The van der Waals surface area contributed by atoms with Gasteiger partial charge in [-0.15, -0.1) is 0 Å². The maximum absolute atomic E-state index is 11.1. The Bertz CT molecular complexity index is 191. The van der Waals surface area contributed by atoms with Gasteiger partial charge in [0.1, 0.15) is 0 Å². The molecule has 4 heteroatoms. The zero-order valence-corrected chi connectivity index (χ0v) is 7.22.